The van der Waals surface area contributed by atoms with Crippen molar-refractivity contribution < 1.29 is 0 Å². The quantitative estimate of drug-likeness (QED) is 0.573. The van der Waals surface area contributed by atoms with Crippen LogP contribution in [-0.4, -0.2) is 15.0 Å². The number of thiocarbonyl (C=S) groups is 1. The van der Waals surface area contributed by atoms with Gasteiger partial charge < -0.3 is 10.3 Å². The molecule has 0 saturated carbocycles. The Morgan fingerprint density at radius 1 is 1.12 bits per heavy atom. The van der Waals surface area contributed by atoms with Gasteiger partial charge in [-0.3, -0.25) is 0 Å². The van der Waals surface area contributed by atoms with E-state index in [2.05, 4.69) is 55.5 Å². The van der Waals surface area contributed by atoms with E-state index in [9.17, 15) is 0 Å². The van der Waals surface area contributed by atoms with Crippen LogP contribution in [0.3, 0.4) is 0 Å². The summed E-state index contributed by atoms with van der Waals surface area (Å²) in [5.41, 5.74) is 4.65. The topological polar surface area (TPSA) is 40.7 Å². The molecule has 0 aliphatic heterocycles. The molecule has 126 valence electrons. The normalized spacial score (nSPS) is 19.2. The van der Waals surface area contributed by atoms with Gasteiger partial charge in [0.15, 0.2) is 0 Å². The van der Waals surface area contributed by atoms with Gasteiger partial charge in [0, 0.05) is 27.7 Å². The molecule has 3 aromatic rings. The van der Waals surface area contributed by atoms with E-state index in [-0.39, 0.29) is 11.8 Å². The summed E-state index contributed by atoms with van der Waals surface area (Å²) < 4.78 is 1.06. The number of imidazole rings is 1. The third-order valence-corrected chi connectivity index (χ3v) is 5.69. The predicted molar refractivity (Wildman–Crippen MR) is 109 cm³/mol. The van der Waals surface area contributed by atoms with Gasteiger partial charge in [-0.1, -0.05) is 58.5 Å². The van der Waals surface area contributed by atoms with Crippen molar-refractivity contribution in [3.05, 3.63) is 82.3 Å². The number of aromatic amines is 1. The number of aromatic nitrogens is 2. The largest absolute Gasteiger partial charge is 0.350 e. The van der Waals surface area contributed by atoms with E-state index >= 15 is 0 Å². The molecule has 0 spiro atoms. The number of benzene rings is 2. The van der Waals surface area contributed by atoms with E-state index in [0.717, 1.165) is 33.7 Å². The zero-order valence-corrected chi connectivity index (χ0v) is 16.0. The molecule has 2 N–H and O–H groups in total. The molecule has 2 aromatic carbocycles. The van der Waals surface area contributed by atoms with Gasteiger partial charge >= 0.3 is 0 Å². The van der Waals surface area contributed by atoms with Crippen molar-refractivity contribution in [1.29, 1.82) is 0 Å². The van der Waals surface area contributed by atoms with E-state index in [1.165, 1.54) is 11.3 Å². The smallest absolute Gasteiger partial charge is 0.0925 e. The zero-order chi connectivity index (χ0) is 17.2. The molecular weight excluding hydrogens is 394 g/mol. The number of nitrogens with zero attached hydrogens (tertiary/aromatic N) is 1. The molecule has 2 atom stereocenters. The first-order chi connectivity index (χ1) is 12.2. The van der Waals surface area contributed by atoms with Gasteiger partial charge in [0.25, 0.3) is 0 Å². The number of hydrogen-bond acceptors (Lipinski definition) is 2. The van der Waals surface area contributed by atoms with E-state index in [1.807, 2.05) is 30.3 Å². The van der Waals surface area contributed by atoms with E-state index < -0.39 is 0 Å². The van der Waals surface area contributed by atoms with Crippen LogP contribution in [-0.2, 0) is 6.42 Å². The molecule has 0 radical (unpaired) electrons. The number of nitrogens with one attached hydrogen (secondary N) is 2. The van der Waals surface area contributed by atoms with Crippen LogP contribution in [0.1, 0.15) is 29.3 Å². The lowest BCUT2D eigenvalue weighted by molar-refractivity contribution is 0.513. The van der Waals surface area contributed by atoms with Crippen LogP contribution in [0.15, 0.2) is 65.4 Å². The fourth-order valence-corrected chi connectivity index (χ4v) is 4.19. The molecule has 0 amide bonds. The fraction of sp³-hybridized carbons (Fsp3) is 0.200. The predicted octanol–water partition coefficient (Wildman–Crippen LogP) is 5.31. The zero-order valence-electron chi connectivity index (χ0n) is 13.6. The summed E-state index contributed by atoms with van der Waals surface area (Å²) in [6.45, 7) is 0. The molecule has 1 heterocycles. The number of H-pyrrole nitrogens is 1. The van der Waals surface area contributed by atoms with Crippen LogP contribution in [0.2, 0.25) is 0 Å². The Morgan fingerprint density at radius 2 is 1.88 bits per heavy atom. The van der Waals surface area contributed by atoms with Crippen LogP contribution >= 0.6 is 28.1 Å². The average molecular weight is 412 g/mol. The van der Waals surface area contributed by atoms with Gasteiger partial charge in [-0.15, -0.1) is 0 Å². The molecule has 1 aliphatic rings. The number of anilines is 1. The lowest BCUT2D eigenvalue weighted by Gasteiger charge is -2.32. The lowest BCUT2D eigenvalue weighted by atomic mass is 9.75. The maximum absolute atomic E-state index is 5.81. The Labute approximate surface area is 161 Å². The Morgan fingerprint density at radius 3 is 2.64 bits per heavy atom. The number of rotatable bonds is 3. The first-order valence-electron chi connectivity index (χ1n) is 8.36. The Balaban J connectivity index is 1.65. The molecule has 4 rings (SSSR count). The molecule has 0 fully saturated rings. The number of fused-ring (bicyclic) bond motifs is 1. The van der Waals surface area contributed by atoms with Crippen molar-refractivity contribution in [3.8, 4) is 0 Å². The molecule has 25 heavy (non-hydrogen) atoms. The van der Waals surface area contributed by atoms with Crippen molar-refractivity contribution in [3.63, 3.8) is 0 Å². The van der Waals surface area contributed by atoms with Gasteiger partial charge in [-0.05, 0) is 42.7 Å². The van der Waals surface area contributed by atoms with Crippen LogP contribution < -0.4 is 5.32 Å². The number of halogens is 1. The standard InChI is InChI=1S/C20H18BrN3S/c21-14-6-8-15(9-7-14)24-20(25)16-10-11-17-19(23-12-22-17)18(16)13-4-2-1-3-5-13/h1-9,12,16,18H,10-11H2,(H,22,23)(H,24,25)/t16-,18-/m1/s1. The van der Waals surface area contributed by atoms with Gasteiger partial charge in [-0.25, -0.2) is 4.98 Å². The summed E-state index contributed by atoms with van der Waals surface area (Å²) >= 11 is 9.28. The van der Waals surface area contributed by atoms with Crippen molar-refractivity contribution in [2.45, 2.75) is 18.8 Å². The molecule has 0 unspecified atom stereocenters. The molecule has 5 heteroatoms. The van der Waals surface area contributed by atoms with Crippen molar-refractivity contribution in [2.24, 2.45) is 5.92 Å². The van der Waals surface area contributed by atoms with Crippen LogP contribution in [0.5, 0.6) is 0 Å². The van der Waals surface area contributed by atoms with Crippen LogP contribution in [0.4, 0.5) is 5.69 Å². The SMILES string of the molecule is S=C(Nc1ccc(Br)cc1)[C@@H]1CCc2[nH]cnc2[C@@H]1c1ccccc1. The second-order valence-corrected chi connectivity index (χ2v) is 7.65. The second kappa shape index (κ2) is 7.10. The van der Waals surface area contributed by atoms with E-state index in [0.29, 0.717) is 0 Å². The van der Waals surface area contributed by atoms with Crippen LogP contribution in [0, 0.1) is 5.92 Å². The first kappa shape index (κ1) is 16.5. The first-order valence-corrected chi connectivity index (χ1v) is 9.56. The third-order valence-electron chi connectivity index (χ3n) is 4.76. The maximum Gasteiger partial charge on any atom is 0.0925 e. The van der Waals surface area contributed by atoms with Crippen molar-refractivity contribution in [2.75, 3.05) is 5.32 Å². The minimum Gasteiger partial charge on any atom is -0.350 e. The van der Waals surface area contributed by atoms with Gasteiger partial charge in [0.2, 0.25) is 0 Å². The summed E-state index contributed by atoms with van der Waals surface area (Å²) in [6, 6.07) is 18.7. The lowest BCUT2D eigenvalue weighted by Crippen LogP contribution is -2.31. The fourth-order valence-electron chi connectivity index (χ4n) is 3.56. The summed E-state index contributed by atoms with van der Waals surface area (Å²) in [7, 11) is 0. The van der Waals surface area contributed by atoms with Gasteiger partial charge in [0.1, 0.15) is 0 Å². The number of aryl methyl sites for hydroxylation is 1. The second-order valence-electron chi connectivity index (χ2n) is 6.30. The minimum atomic E-state index is 0.187. The van der Waals surface area contributed by atoms with Gasteiger partial charge in [0.05, 0.1) is 17.0 Å². The van der Waals surface area contributed by atoms with Crippen molar-refractivity contribution >= 4 is 38.8 Å². The minimum absolute atomic E-state index is 0.187. The highest BCUT2D eigenvalue weighted by Crippen LogP contribution is 2.40. The average Bonchev–Trinajstić information content (AvgIpc) is 3.12. The monoisotopic (exact) mass is 411 g/mol. The summed E-state index contributed by atoms with van der Waals surface area (Å²) in [5.74, 6) is 0.420. The molecule has 1 aliphatic carbocycles. The Bertz CT molecular complexity index is 873. The summed E-state index contributed by atoms with van der Waals surface area (Å²) in [5, 5.41) is 3.43. The highest BCUT2D eigenvalue weighted by Gasteiger charge is 2.35. The highest BCUT2D eigenvalue weighted by molar-refractivity contribution is 9.10. The molecule has 0 bridgehead atoms. The molecule has 3 nitrogen and oxygen atoms in total. The Hall–Kier alpha value is -1.98. The maximum atomic E-state index is 5.81. The molecular formula is C20H18BrN3S. The van der Waals surface area contributed by atoms with Crippen LogP contribution in [0.25, 0.3) is 0 Å². The molecule has 0 saturated heterocycles. The highest BCUT2D eigenvalue weighted by atomic mass is 79.9. The van der Waals surface area contributed by atoms with Gasteiger partial charge in [-0.2, -0.15) is 0 Å². The third kappa shape index (κ3) is 3.39. The van der Waals surface area contributed by atoms with E-state index in [4.69, 9.17) is 12.2 Å². The number of hydrogen-bond donors (Lipinski definition) is 2. The molecule has 1 aromatic heterocycles. The van der Waals surface area contributed by atoms with E-state index in [1.54, 1.807) is 6.33 Å². The summed E-state index contributed by atoms with van der Waals surface area (Å²) in [6.07, 6.45) is 3.79. The summed E-state index contributed by atoms with van der Waals surface area (Å²) in [4.78, 5) is 8.79. The van der Waals surface area contributed by atoms with Crippen molar-refractivity contribution in [1.82, 2.24) is 9.97 Å². The Kier molecular flexibility index (Phi) is 4.68.